The zero-order valence-electron chi connectivity index (χ0n) is 9.26. The minimum atomic E-state index is -0.372. The summed E-state index contributed by atoms with van der Waals surface area (Å²) in [5, 5.41) is 11.6. The fourth-order valence-electron chi connectivity index (χ4n) is 0.890. The Hall–Kier alpha value is -1.11. The fourth-order valence-corrected chi connectivity index (χ4v) is 1.82. The Bertz CT molecular complexity index is 356. The van der Waals surface area contributed by atoms with Gasteiger partial charge in [0.15, 0.2) is 0 Å². The lowest BCUT2D eigenvalue weighted by molar-refractivity contribution is -0.117. The largest absolute Gasteiger partial charge is 0.369 e. The van der Waals surface area contributed by atoms with Gasteiger partial charge in [-0.25, -0.2) is 4.68 Å². The van der Waals surface area contributed by atoms with Crippen LogP contribution in [0.4, 0.5) is 0 Å². The van der Waals surface area contributed by atoms with E-state index in [1.165, 1.54) is 11.8 Å². The molecule has 0 saturated carbocycles. The van der Waals surface area contributed by atoms with E-state index in [2.05, 4.69) is 15.5 Å². The first-order valence-corrected chi connectivity index (χ1v) is 5.45. The van der Waals surface area contributed by atoms with Gasteiger partial charge in [0.2, 0.25) is 11.1 Å². The van der Waals surface area contributed by atoms with E-state index < -0.39 is 0 Å². The predicted molar refractivity (Wildman–Crippen MR) is 57.3 cm³/mol. The van der Waals surface area contributed by atoms with Crippen LogP contribution in [-0.4, -0.2) is 31.4 Å². The summed E-state index contributed by atoms with van der Waals surface area (Å²) >= 11 is 1.26. The number of aromatic nitrogens is 4. The molecule has 6 nitrogen and oxygen atoms in total. The first-order chi connectivity index (χ1) is 6.82. The summed E-state index contributed by atoms with van der Waals surface area (Å²) < 4.78 is 1.68. The van der Waals surface area contributed by atoms with Crippen molar-refractivity contribution in [2.45, 2.75) is 43.6 Å². The van der Waals surface area contributed by atoms with E-state index in [0.29, 0.717) is 5.16 Å². The number of carbonyl (C=O) groups excluding carboxylic acids is 1. The van der Waals surface area contributed by atoms with Crippen LogP contribution in [0.1, 0.15) is 27.7 Å². The Morgan fingerprint density at radius 1 is 1.53 bits per heavy atom. The molecule has 1 aromatic heterocycles. The van der Waals surface area contributed by atoms with E-state index in [1.54, 1.807) is 11.6 Å². The molecule has 0 radical (unpaired) electrons. The molecule has 0 aliphatic heterocycles. The lowest BCUT2D eigenvalue weighted by Crippen LogP contribution is -2.27. The van der Waals surface area contributed by atoms with E-state index in [9.17, 15) is 4.79 Å². The van der Waals surface area contributed by atoms with Gasteiger partial charge in [0.1, 0.15) is 0 Å². The highest BCUT2D eigenvalue weighted by Gasteiger charge is 2.22. The molecule has 0 unspecified atom stereocenters. The smallest absolute Gasteiger partial charge is 0.230 e. The zero-order valence-corrected chi connectivity index (χ0v) is 10.1. The third-order valence-corrected chi connectivity index (χ3v) is 2.81. The van der Waals surface area contributed by atoms with Crippen LogP contribution in [0.3, 0.4) is 0 Å². The van der Waals surface area contributed by atoms with Crippen LogP contribution in [0.15, 0.2) is 5.16 Å². The average molecular weight is 229 g/mol. The molecule has 84 valence electrons. The summed E-state index contributed by atoms with van der Waals surface area (Å²) in [5.41, 5.74) is 4.97. The standard InChI is InChI=1S/C8H15N5OS/c1-5(6(9)14)15-7-10-11-12-13(7)8(2,3)4/h5H,1-4H3,(H2,9,14)/t5-/m1/s1. The lowest BCUT2D eigenvalue weighted by atomic mass is 10.1. The highest BCUT2D eigenvalue weighted by atomic mass is 32.2. The van der Waals surface area contributed by atoms with Crippen molar-refractivity contribution in [1.29, 1.82) is 0 Å². The minimum absolute atomic E-state index is 0.205. The van der Waals surface area contributed by atoms with Crippen LogP contribution < -0.4 is 5.73 Å². The Labute approximate surface area is 92.6 Å². The molecule has 1 atom stereocenters. The maximum Gasteiger partial charge on any atom is 0.230 e. The van der Waals surface area contributed by atoms with Gasteiger partial charge in [-0.1, -0.05) is 11.8 Å². The number of hydrogen-bond donors (Lipinski definition) is 1. The average Bonchev–Trinajstić information content (AvgIpc) is 2.50. The molecular weight excluding hydrogens is 214 g/mol. The molecule has 0 aliphatic carbocycles. The van der Waals surface area contributed by atoms with Crippen molar-refractivity contribution in [1.82, 2.24) is 20.2 Å². The summed E-state index contributed by atoms with van der Waals surface area (Å²) in [5.74, 6) is -0.372. The monoisotopic (exact) mass is 229 g/mol. The van der Waals surface area contributed by atoms with Crippen LogP contribution in [0, 0.1) is 0 Å². The van der Waals surface area contributed by atoms with Crippen LogP contribution in [0.2, 0.25) is 0 Å². The molecule has 1 aromatic rings. The number of amides is 1. The maximum atomic E-state index is 10.9. The Morgan fingerprint density at radius 2 is 2.13 bits per heavy atom. The highest BCUT2D eigenvalue weighted by molar-refractivity contribution is 8.00. The molecule has 0 saturated heterocycles. The van der Waals surface area contributed by atoms with Gasteiger partial charge >= 0.3 is 0 Å². The fraction of sp³-hybridized carbons (Fsp3) is 0.750. The van der Waals surface area contributed by atoms with Gasteiger partial charge < -0.3 is 5.73 Å². The molecule has 15 heavy (non-hydrogen) atoms. The van der Waals surface area contributed by atoms with Crippen molar-refractivity contribution in [2.24, 2.45) is 5.73 Å². The van der Waals surface area contributed by atoms with E-state index in [1.807, 2.05) is 20.8 Å². The lowest BCUT2D eigenvalue weighted by Gasteiger charge is -2.20. The van der Waals surface area contributed by atoms with Crippen LogP contribution in [0.5, 0.6) is 0 Å². The van der Waals surface area contributed by atoms with Crippen molar-refractivity contribution in [2.75, 3.05) is 0 Å². The Kier molecular flexibility index (Phi) is 3.33. The normalized spacial score (nSPS) is 13.9. The number of thioether (sulfide) groups is 1. The van der Waals surface area contributed by atoms with Crippen molar-refractivity contribution in [3.05, 3.63) is 0 Å². The van der Waals surface area contributed by atoms with E-state index in [4.69, 9.17) is 5.73 Å². The topological polar surface area (TPSA) is 86.7 Å². The number of carbonyl (C=O) groups is 1. The van der Waals surface area contributed by atoms with E-state index in [0.717, 1.165) is 0 Å². The van der Waals surface area contributed by atoms with Crippen molar-refractivity contribution in [3.63, 3.8) is 0 Å². The van der Waals surface area contributed by atoms with Gasteiger partial charge in [-0.3, -0.25) is 4.79 Å². The third kappa shape index (κ3) is 2.92. The molecule has 7 heteroatoms. The predicted octanol–water partition coefficient (Wildman–Crippen LogP) is 0.394. The molecular formula is C8H15N5OS. The van der Waals surface area contributed by atoms with Gasteiger partial charge in [0.25, 0.3) is 0 Å². The van der Waals surface area contributed by atoms with Gasteiger partial charge in [-0.2, -0.15) is 0 Å². The van der Waals surface area contributed by atoms with Crippen LogP contribution in [-0.2, 0) is 10.3 Å². The third-order valence-electron chi connectivity index (χ3n) is 1.76. The first-order valence-electron chi connectivity index (χ1n) is 4.57. The number of hydrogen-bond acceptors (Lipinski definition) is 5. The Morgan fingerprint density at radius 3 is 2.60 bits per heavy atom. The molecule has 2 N–H and O–H groups in total. The van der Waals surface area contributed by atoms with Gasteiger partial charge in [0.05, 0.1) is 10.8 Å². The Balaban J connectivity index is 2.87. The zero-order chi connectivity index (χ0) is 11.6. The molecule has 0 aliphatic rings. The molecule has 1 heterocycles. The number of rotatable bonds is 3. The highest BCUT2D eigenvalue weighted by Crippen LogP contribution is 2.24. The SMILES string of the molecule is C[C@@H](Sc1nnnn1C(C)(C)C)C(N)=O. The molecule has 0 aromatic carbocycles. The second kappa shape index (κ2) is 4.18. The number of primary amides is 1. The quantitative estimate of drug-likeness (QED) is 0.758. The van der Waals surface area contributed by atoms with Crippen LogP contribution >= 0.6 is 11.8 Å². The first kappa shape index (κ1) is 12.0. The molecule has 0 bridgehead atoms. The number of tetrazole rings is 1. The van der Waals surface area contributed by atoms with E-state index >= 15 is 0 Å². The second-order valence-corrected chi connectivity index (χ2v) is 5.51. The molecule has 1 amide bonds. The number of nitrogens with two attached hydrogens (primary N) is 1. The van der Waals surface area contributed by atoms with Crippen molar-refractivity contribution < 1.29 is 4.79 Å². The minimum Gasteiger partial charge on any atom is -0.369 e. The molecule has 0 spiro atoms. The van der Waals surface area contributed by atoms with Crippen molar-refractivity contribution in [3.8, 4) is 0 Å². The van der Waals surface area contributed by atoms with Crippen molar-refractivity contribution >= 4 is 17.7 Å². The second-order valence-electron chi connectivity index (χ2n) is 4.21. The maximum absolute atomic E-state index is 10.9. The number of nitrogens with zero attached hydrogens (tertiary/aromatic N) is 4. The summed E-state index contributed by atoms with van der Waals surface area (Å²) in [4.78, 5) is 10.9. The molecule has 1 rings (SSSR count). The van der Waals surface area contributed by atoms with E-state index in [-0.39, 0.29) is 16.7 Å². The van der Waals surface area contributed by atoms with Gasteiger partial charge in [-0.15, -0.1) is 5.10 Å². The summed E-state index contributed by atoms with van der Waals surface area (Å²) in [6.07, 6.45) is 0. The summed E-state index contributed by atoms with van der Waals surface area (Å²) in [6, 6.07) is 0. The van der Waals surface area contributed by atoms with Gasteiger partial charge in [0, 0.05) is 0 Å². The van der Waals surface area contributed by atoms with Gasteiger partial charge in [-0.05, 0) is 38.1 Å². The molecule has 0 fully saturated rings. The summed E-state index contributed by atoms with van der Waals surface area (Å²) in [6.45, 7) is 7.70. The summed E-state index contributed by atoms with van der Waals surface area (Å²) in [7, 11) is 0. The van der Waals surface area contributed by atoms with Crippen LogP contribution in [0.25, 0.3) is 0 Å².